The van der Waals surface area contributed by atoms with Crippen LogP contribution >= 0.6 is 15.2 Å². The molecule has 0 saturated carbocycles. The average Bonchev–Trinajstić information content (AvgIpc) is 2.24. The predicted molar refractivity (Wildman–Crippen MR) is 70.5 cm³/mol. The molecular weight excluding hydrogens is 278 g/mol. The maximum Gasteiger partial charge on any atom is 0.369 e. The largest absolute Gasteiger partial charge is 0.369 e. The van der Waals surface area contributed by atoms with Gasteiger partial charge in [-0.1, -0.05) is 13.8 Å². The molecule has 0 aromatic heterocycles. The number of allylic oxidation sites excluding steroid dienone is 1. The molecule has 0 unspecified atom stereocenters. The molecular formula is C10H22O6P2. The predicted octanol–water partition coefficient (Wildman–Crippen LogP) is 3.46. The van der Waals surface area contributed by atoms with Crippen LogP contribution < -0.4 is 0 Å². The molecule has 0 aliphatic rings. The smallest absolute Gasteiger partial charge is 0.321 e. The maximum absolute atomic E-state index is 12.5. The van der Waals surface area contributed by atoms with E-state index in [4.69, 9.17) is 9.05 Å². The van der Waals surface area contributed by atoms with Crippen molar-refractivity contribution in [1.82, 2.24) is 0 Å². The lowest BCUT2D eigenvalue weighted by Crippen LogP contribution is -2.02. The summed E-state index contributed by atoms with van der Waals surface area (Å²) in [7, 11) is -8.60. The van der Waals surface area contributed by atoms with Crippen molar-refractivity contribution in [3.05, 3.63) is 10.6 Å². The summed E-state index contributed by atoms with van der Waals surface area (Å²) >= 11 is 0. The Kier molecular flexibility index (Phi) is 7.60. The van der Waals surface area contributed by atoms with E-state index >= 15 is 0 Å². The minimum Gasteiger partial charge on any atom is -0.321 e. The molecule has 0 aromatic rings. The van der Waals surface area contributed by atoms with Crippen LogP contribution in [0.2, 0.25) is 0 Å². The quantitative estimate of drug-likeness (QED) is 0.667. The Morgan fingerprint density at radius 2 is 1.33 bits per heavy atom. The van der Waals surface area contributed by atoms with Crippen LogP contribution in [0.3, 0.4) is 0 Å². The maximum atomic E-state index is 12.5. The fraction of sp³-hybridized carbons (Fsp3) is 0.800. The van der Waals surface area contributed by atoms with Crippen LogP contribution in [0.15, 0.2) is 10.6 Å². The van der Waals surface area contributed by atoms with Crippen molar-refractivity contribution in [2.75, 3.05) is 13.2 Å². The van der Waals surface area contributed by atoms with Crippen LogP contribution in [0.1, 0.15) is 40.5 Å². The minimum absolute atomic E-state index is 0.0570. The summed E-state index contributed by atoms with van der Waals surface area (Å²) in [6.45, 7) is 6.80. The lowest BCUT2D eigenvalue weighted by Gasteiger charge is -2.23. The molecule has 0 aromatic carbocycles. The van der Waals surface area contributed by atoms with Gasteiger partial charge in [-0.15, -0.1) is 0 Å². The van der Waals surface area contributed by atoms with E-state index in [9.17, 15) is 18.9 Å². The molecule has 0 heterocycles. The first kappa shape index (κ1) is 18.0. The third kappa shape index (κ3) is 4.61. The van der Waals surface area contributed by atoms with E-state index in [2.05, 4.69) is 0 Å². The first-order valence-corrected chi connectivity index (χ1v) is 9.10. The Labute approximate surface area is 108 Å². The van der Waals surface area contributed by atoms with Gasteiger partial charge in [0, 0.05) is 0 Å². The molecule has 0 aliphatic carbocycles. The molecule has 0 bridgehead atoms. The summed E-state index contributed by atoms with van der Waals surface area (Å²) in [5.74, 6) is 0. The van der Waals surface area contributed by atoms with Gasteiger partial charge in [0.25, 0.3) is 0 Å². The molecule has 0 rings (SSSR count). The Bertz CT molecular complexity index is 368. The van der Waals surface area contributed by atoms with Gasteiger partial charge >= 0.3 is 15.2 Å². The monoisotopic (exact) mass is 300 g/mol. The number of rotatable bonds is 8. The fourth-order valence-corrected chi connectivity index (χ4v) is 5.68. The third-order valence-electron chi connectivity index (χ3n) is 2.30. The second-order valence-corrected chi connectivity index (χ2v) is 7.36. The highest BCUT2D eigenvalue weighted by Gasteiger charge is 2.42. The molecule has 0 amide bonds. The van der Waals surface area contributed by atoms with Crippen LogP contribution in [0.5, 0.6) is 0 Å². The van der Waals surface area contributed by atoms with Gasteiger partial charge in [-0.05, 0) is 32.3 Å². The SMILES string of the molecule is CCOP(=O)(OCC)C(=C(CC)CC)P(=O)(O)O. The molecule has 2 N–H and O–H groups in total. The minimum atomic E-state index is -4.68. The summed E-state index contributed by atoms with van der Waals surface area (Å²) in [4.78, 5) is 18.8. The first-order chi connectivity index (χ1) is 8.26. The highest BCUT2D eigenvalue weighted by Crippen LogP contribution is 2.71. The molecule has 0 fully saturated rings. The van der Waals surface area contributed by atoms with Crippen molar-refractivity contribution >= 4 is 15.2 Å². The molecule has 0 aliphatic heterocycles. The van der Waals surface area contributed by atoms with Gasteiger partial charge in [0.05, 0.1) is 13.2 Å². The molecule has 0 atom stereocenters. The summed E-state index contributed by atoms with van der Waals surface area (Å²) in [5, 5.41) is -0.469. The zero-order valence-corrected chi connectivity index (χ0v) is 13.0. The second-order valence-electron chi connectivity index (χ2n) is 3.51. The van der Waals surface area contributed by atoms with E-state index in [1.54, 1.807) is 27.7 Å². The summed E-state index contributed by atoms with van der Waals surface area (Å²) in [6.07, 6.45) is 0.780. The van der Waals surface area contributed by atoms with Gasteiger partial charge in [-0.25, -0.2) is 0 Å². The fourth-order valence-electron chi connectivity index (χ4n) is 1.62. The molecule has 8 heteroatoms. The van der Waals surface area contributed by atoms with Crippen LogP contribution in [-0.2, 0) is 18.2 Å². The molecule has 0 spiro atoms. The van der Waals surface area contributed by atoms with E-state index < -0.39 is 20.2 Å². The lowest BCUT2D eigenvalue weighted by molar-refractivity contribution is 0.226. The molecule has 0 radical (unpaired) electrons. The Morgan fingerprint density at radius 1 is 0.944 bits per heavy atom. The van der Waals surface area contributed by atoms with Gasteiger partial charge in [0.1, 0.15) is 0 Å². The van der Waals surface area contributed by atoms with Crippen molar-refractivity contribution < 1.29 is 28.0 Å². The molecule has 0 saturated heterocycles. The van der Waals surface area contributed by atoms with Gasteiger partial charge in [-0.3, -0.25) is 9.13 Å². The van der Waals surface area contributed by atoms with Crippen LogP contribution in [0, 0.1) is 0 Å². The van der Waals surface area contributed by atoms with E-state index in [0.29, 0.717) is 18.4 Å². The second kappa shape index (κ2) is 7.59. The zero-order valence-electron chi connectivity index (χ0n) is 11.3. The zero-order chi connectivity index (χ0) is 14.4. The van der Waals surface area contributed by atoms with Gasteiger partial charge in [-0.2, -0.15) is 0 Å². The molecule has 6 nitrogen and oxygen atoms in total. The summed E-state index contributed by atoms with van der Waals surface area (Å²) < 4.78 is 34.2. The van der Waals surface area contributed by atoms with Crippen molar-refractivity contribution in [2.45, 2.75) is 40.5 Å². The third-order valence-corrected chi connectivity index (χ3v) is 6.72. The highest BCUT2D eigenvalue weighted by molar-refractivity contribution is 7.78. The Hall–Kier alpha value is 0.0400. The van der Waals surface area contributed by atoms with Crippen LogP contribution in [0.4, 0.5) is 0 Å². The molecule has 18 heavy (non-hydrogen) atoms. The topological polar surface area (TPSA) is 93.1 Å². The summed E-state index contributed by atoms with van der Waals surface area (Å²) in [6, 6.07) is 0. The van der Waals surface area contributed by atoms with Gasteiger partial charge < -0.3 is 18.8 Å². The Morgan fingerprint density at radius 3 is 1.56 bits per heavy atom. The lowest BCUT2D eigenvalue weighted by atomic mass is 10.2. The van der Waals surface area contributed by atoms with E-state index in [0.717, 1.165) is 0 Å². The van der Waals surface area contributed by atoms with Crippen molar-refractivity contribution in [2.24, 2.45) is 0 Å². The normalized spacial score (nSPS) is 12.6. The number of hydrogen-bond donors (Lipinski definition) is 2. The van der Waals surface area contributed by atoms with Crippen molar-refractivity contribution in [1.29, 1.82) is 0 Å². The Balaban J connectivity index is 5.91. The first-order valence-electron chi connectivity index (χ1n) is 5.94. The van der Waals surface area contributed by atoms with Crippen molar-refractivity contribution in [3.8, 4) is 0 Å². The average molecular weight is 300 g/mol. The number of hydrogen-bond acceptors (Lipinski definition) is 4. The standard InChI is InChI=1S/C10H22O6P2/c1-5-9(6-2)10(17(11,12)13)18(14,15-7-3)16-8-4/h5-8H2,1-4H3,(H2,11,12,13). The van der Waals surface area contributed by atoms with Crippen LogP contribution in [0.25, 0.3) is 0 Å². The van der Waals surface area contributed by atoms with Crippen molar-refractivity contribution in [3.63, 3.8) is 0 Å². The highest BCUT2D eigenvalue weighted by atomic mass is 31.2. The van der Waals surface area contributed by atoms with E-state index in [1.165, 1.54) is 0 Å². The van der Waals surface area contributed by atoms with E-state index in [1.807, 2.05) is 0 Å². The van der Waals surface area contributed by atoms with Gasteiger partial charge in [0.15, 0.2) is 5.06 Å². The summed E-state index contributed by atoms with van der Waals surface area (Å²) in [5.41, 5.74) is 0.425. The molecule has 108 valence electrons. The van der Waals surface area contributed by atoms with Crippen LogP contribution in [-0.4, -0.2) is 23.0 Å². The van der Waals surface area contributed by atoms with E-state index in [-0.39, 0.29) is 13.2 Å². The van der Waals surface area contributed by atoms with Gasteiger partial charge in [0.2, 0.25) is 0 Å².